The van der Waals surface area contributed by atoms with E-state index in [1.165, 1.54) is 4.90 Å². The first-order valence-corrected chi connectivity index (χ1v) is 12.9. The van der Waals surface area contributed by atoms with E-state index in [2.05, 4.69) is 5.32 Å². The van der Waals surface area contributed by atoms with Gasteiger partial charge in [-0.1, -0.05) is 30.3 Å². The Hall–Kier alpha value is -3.13. The number of aliphatic hydroxyl groups is 1. The summed E-state index contributed by atoms with van der Waals surface area (Å²) in [6, 6.07) is 7.82. The van der Waals surface area contributed by atoms with Gasteiger partial charge >= 0.3 is 12.1 Å². The third-order valence-electron chi connectivity index (χ3n) is 6.35. The van der Waals surface area contributed by atoms with E-state index in [1.54, 1.807) is 24.3 Å². The summed E-state index contributed by atoms with van der Waals surface area (Å²) in [4.78, 5) is 54.1. The second-order valence-electron chi connectivity index (χ2n) is 8.70. The molecule has 2 fully saturated rings. The monoisotopic (exact) mass is 520 g/mol. The number of β-amino-alcohol motifs (C(OH)–C–C–N with tert-alkyl or cyclic N) is 1. The molecule has 0 aliphatic carbocycles. The molecule has 2 unspecified atom stereocenters. The quantitative estimate of drug-likeness (QED) is 0.280. The van der Waals surface area contributed by atoms with E-state index in [-0.39, 0.29) is 30.1 Å². The van der Waals surface area contributed by atoms with Crippen LogP contribution in [0.4, 0.5) is 4.79 Å². The van der Waals surface area contributed by atoms with E-state index < -0.39 is 53.1 Å². The molecule has 3 amide bonds. The van der Waals surface area contributed by atoms with Crippen LogP contribution in [0.15, 0.2) is 41.6 Å². The molecule has 1 aromatic carbocycles. The number of piperazine rings is 1. The van der Waals surface area contributed by atoms with Gasteiger partial charge in [0, 0.05) is 38.3 Å². The highest BCUT2D eigenvalue weighted by Gasteiger charge is 2.61. The van der Waals surface area contributed by atoms with Crippen molar-refractivity contribution in [3.8, 4) is 0 Å². The van der Waals surface area contributed by atoms with Crippen molar-refractivity contribution in [2.75, 3.05) is 51.7 Å². The molecule has 0 spiro atoms. The topological polar surface area (TPSA) is 163 Å². The lowest BCUT2D eigenvalue weighted by molar-refractivity contribution is -0.151. The molecule has 2 saturated heterocycles. The zero-order chi connectivity index (χ0) is 25.8. The number of nitrogens with one attached hydrogen (secondary N) is 1. The fourth-order valence-electron chi connectivity index (χ4n) is 4.51. The van der Waals surface area contributed by atoms with Crippen LogP contribution in [0.5, 0.6) is 0 Å². The Balaban J connectivity index is 1.38. The number of aliphatic carboxylic acids is 1. The number of β-lactam (4-membered cyclic amide) rings is 1. The number of hydrogen-bond acceptors (Lipinski definition) is 8. The van der Waals surface area contributed by atoms with Gasteiger partial charge in [0.2, 0.25) is 11.3 Å². The molecule has 4 rings (SSSR count). The number of carbonyl (C=O) groups excluding carboxylic acids is 3. The number of fused-ring (bicyclic) bond motifs is 1. The smallest absolute Gasteiger partial charge is 0.410 e. The molecule has 36 heavy (non-hydrogen) atoms. The Kier molecular flexibility index (Phi) is 8.14. The number of carboxylic acid groups (broad SMARTS) is 1. The molecule has 0 saturated carbocycles. The Morgan fingerprint density at radius 2 is 1.83 bits per heavy atom. The van der Waals surface area contributed by atoms with E-state index in [0.29, 0.717) is 32.7 Å². The maximum atomic E-state index is 12.9. The fraction of sp³-hybridized carbons (Fsp3) is 0.478. The molecule has 194 valence electrons. The minimum atomic E-state index is -1.70. The first-order chi connectivity index (χ1) is 17.3. The van der Waals surface area contributed by atoms with Crippen molar-refractivity contribution in [1.29, 1.82) is 0 Å². The third kappa shape index (κ3) is 5.48. The molecular weight excluding hydrogens is 492 g/mol. The van der Waals surface area contributed by atoms with E-state index in [1.807, 2.05) is 11.0 Å². The molecule has 3 aliphatic heterocycles. The Morgan fingerprint density at radius 1 is 1.14 bits per heavy atom. The summed E-state index contributed by atoms with van der Waals surface area (Å²) in [6.45, 7) is 2.07. The van der Waals surface area contributed by atoms with Crippen LogP contribution in [0.3, 0.4) is 0 Å². The number of amides is 3. The van der Waals surface area contributed by atoms with Crippen molar-refractivity contribution in [3.05, 3.63) is 47.2 Å². The lowest BCUT2D eigenvalue weighted by Gasteiger charge is -2.49. The Morgan fingerprint density at radius 3 is 2.47 bits per heavy atom. The number of ether oxygens (including phenoxy) is 1. The SMILES string of the molecule is O=C(Cc1ccccc1)NC1C(=O)N2C(C(=O)O)=C(COC(=O)N3CCN(CCO)CC3)C[S+]([O-])[C@H]12. The summed E-state index contributed by atoms with van der Waals surface area (Å²) < 4.78 is 18.2. The number of hydrogen-bond donors (Lipinski definition) is 3. The largest absolute Gasteiger partial charge is 0.614 e. The number of aliphatic hydroxyl groups excluding tert-OH is 1. The lowest BCUT2D eigenvalue weighted by atomic mass is 10.0. The van der Waals surface area contributed by atoms with E-state index in [4.69, 9.17) is 9.84 Å². The third-order valence-corrected chi connectivity index (χ3v) is 8.00. The zero-order valence-corrected chi connectivity index (χ0v) is 20.3. The maximum absolute atomic E-state index is 12.9. The highest BCUT2D eigenvalue weighted by Crippen LogP contribution is 2.37. The number of benzene rings is 1. The number of rotatable bonds is 8. The minimum absolute atomic E-state index is 0.0288. The lowest BCUT2D eigenvalue weighted by Crippen LogP contribution is -2.75. The molecule has 3 N–H and O–H groups in total. The summed E-state index contributed by atoms with van der Waals surface area (Å²) in [7, 11) is 0. The number of carbonyl (C=O) groups is 4. The van der Waals surface area contributed by atoms with Gasteiger partial charge in [0.25, 0.3) is 5.91 Å². The van der Waals surface area contributed by atoms with Crippen LogP contribution in [-0.2, 0) is 36.7 Å². The van der Waals surface area contributed by atoms with Gasteiger partial charge in [-0.25, -0.2) is 9.59 Å². The van der Waals surface area contributed by atoms with Crippen molar-refractivity contribution in [2.24, 2.45) is 0 Å². The summed E-state index contributed by atoms with van der Waals surface area (Å²) in [5.41, 5.74) is 0.457. The molecule has 3 aliphatic rings. The highest BCUT2D eigenvalue weighted by atomic mass is 32.2. The van der Waals surface area contributed by atoms with Gasteiger partial charge in [-0.15, -0.1) is 0 Å². The fourth-order valence-corrected chi connectivity index (χ4v) is 6.17. The highest BCUT2D eigenvalue weighted by molar-refractivity contribution is 7.92. The zero-order valence-electron chi connectivity index (χ0n) is 19.5. The normalized spacial score (nSPS) is 24.2. The van der Waals surface area contributed by atoms with E-state index >= 15 is 0 Å². The van der Waals surface area contributed by atoms with Crippen LogP contribution < -0.4 is 5.32 Å². The van der Waals surface area contributed by atoms with Crippen molar-refractivity contribution < 1.29 is 38.7 Å². The minimum Gasteiger partial charge on any atom is -0.614 e. The average molecular weight is 521 g/mol. The van der Waals surface area contributed by atoms with Crippen LogP contribution in [0.25, 0.3) is 0 Å². The number of carboxylic acids is 1. The van der Waals surface area contributed by atoms with Crippen LogP contribution in [0.2, 0.25) is 0 Å². The van der Waals surface area contributed by atoms with Crippen LogP contribution in [-0.4, -0.2) is 116 Å². The van der Waals surface area contributed by atoms with Crippen LogP contribution in [0, 0.1) is 0 Å². The van der Waals surface area contributed by atoms with Gasteiger partial charge in [0.1, 0.15) is 18.1 Å². The van der Waals surface area contributed by atoms with Gasteiger partial charge in [0.15, 0.2) is 6.04 Å². The first kappa shape index (κ1) is 25.9. The predicted octanol–water partition coefficient (Wildman–Crippen LogP) is -1.27. The Bertz CT molecular complexity index is 1040. The van der Waals surface area contributed by atoms with Gasteiger partial charge < -0.3 is 29.7 Å². The maximum Gasteiger partial charge on any atom is 0.410 e. The van der Waals surface area contributed by atoms with Crippen molar-refractivity contribution in [2.45, 2.75) is 17.8 Å². The first-order valence-electron chi connectivity index (χ1n) is 11.5. The molecular formula is C23H28N4O8S. The number of nitrogens with zero attached hydrogens (tertiary/aromatic N) is 3. The average Bonchev–Trinajstić information content (AvgIpc) is 2.86. The van der Waals surface area contributed by atoms with Gasteiger partial charge in [-0.2, -0.15) is 0 Å². The van der Waals surface area contributed by atoms with Gasteiger partial charge in [-0.3, -0.25) is 19.4 Å². The summed E-state index contributed by atoms with van der Waals surface area (Å²) in [5.74, 6) is -2.70. The second-order valence-corrected chi connectivity index (χ2v) is 10.2. The van der Waals surface area contributed by atoms with Crippen LogP contribution >= 0.6 is 0 Å². The van der Waals surface area contributed by atoms with Crippen molar-refractivity contribution >= 4 is 35.1 Å². The summed E-state index contributed by atoms with van der Waals surface area (Å²) >= 11 is -1.70. The summed E-state index contributed by atoms with van der Waals surface area (Å²) in [6.07, 6.45) is -0.606. The predicted molar refractivity (Wildman–Crippen MR) is 127 cm³/mol. The van der Waals surface area contributed by atoms with Crippen molar-refractivity contribution in [3.63, 3.8) is 0 Å². The molecule has 13 heteroatoms. The van der Waals surface area contributed by atoms with Gasteiger partial charge in [0.05, 0.1) is 13.0 Å². The molecule has 0 bridgehead atoms. The van der Waals surface area contributed by atoms with E-state index in [0.717, 1.165) is 10.5 Å². The molecule has 3 heterocycles. The van der Waals surface area contributed by atoms with Gasteiger partial charge in [-0.05, 0) is 16.7 Å². The van der Waals surface area contributed by atoms with Crippen LogP contribution in [0.1, 0.15) is 5.56 Å². The standard InChI is InChI=1S/C23H28N4O8S/c28-11-10-25-6-8-26(9-7-25)23(33)35-13-16-14-36(34)21-18(20(30)27(21)19(16)22(31)32)24-17(29)12-15-4-2-1-3-5-15/h1-5,18,21,28H,6-14H2,(H,24,29)(H,31,32)/t18?,21-,36?/m1/s1. The van der Waals surface area contributed by atoms with E-state index in [9.17, 15) is 28.8 Å². The molecule has 0 aromatic heterocycles. The second kappa shape index (κ2) is 11.3. The molecule has 12 nitrogen and oxygen atoms in total. The Labute approximate surface area is 210 Å². The summed E-state index contributed by atoms with van der Waals surface area (Å²) in [5, 5.41) is 20.4. The molecule has 0 radical (unpaired) electrons. The molecule has 3 atom stereocenters. The van der Waals surface area contributed by atoms with Crippen molar-refractivity contribution in [1.82, 2.24) is 20.0 Å². The molecule has 1 aromatic rings.